The minimum Gasteiger partial charge on any atom is -0.493 e. The molecule has 0 saturated heterocycles. The summed E-state index contributed by atoms with van der Waals surface area (Å²) >= 11 is 0. The molecule has 0 aliphatic carbocycles. The van der Waals surface area contributed by atoms with Crippen LogP contribution in [0.2, 0.25) is 0 Å². The van der Waals surface area contributed by atoms with Gasteiger partial charge in [0, 0.05) is 7.05 Å². The average molecular weight is 303 g/mol. The second kappa shape index (κ2) is 6.75. The summed E-state index contributed by atoms with van der Waals surface area (Å²) in [7, 11) is 2.91. The van der Waals surface area contributed by atoms with Crippen LogP contribution in [0, 0.1) is 0 Å². The first-order valence-electron chi connectivity index (χ1n) is 6.68. The molecule has 0 spiro atoms. The van der Waals surface area contributed by atoms with Gasteiger partial charge in [0.05, 0.1) is 19.0 Å². The van der Waals surface area contributed by atoms with E-state index in [-0.39, 0.29) is 11.4 Å². The molecule has 7 nitrogen and oxygen atoms in total. The van der Waals surface area contributed by atoms with Crippen molar-refractivity contribution in [3.05, 3.63) is 42.2 Å². The smallest absolute Gasteiger partial charge is 0.363 e. The van der Waals surface area contributed by atoms with Gasteiger partial charge in [0.1, 0.15) is 0 Å². The van der Waals surface area contributed by atoms with Crippen molar-refractivity contribution in [2.75, 3.05) is 14.2 Å². The third-order valence-electron chi connectivity index (χ3n) is 3.01. The average Bonchev–Trinajstić information content (AvgIpc) is 2.99. The van der Waals surface area contributed by atoms with E-state index < -0.39 is 18.0 Å². The van der Waals surface area contributed by atoms with Crippen LogP contribution in [0.4, 0.5) is 0 Å². The Balaban J connectivity index is 2.25. The molecule has 0 saturated carbocycles. The number of aromatic nitrogens is 2. The Bertz CT molecular complexity index is 667. The van der Waals surface area contributed by atoms with E-state index in [0.717, 1.165) is 5.69 Å². The number of nitrogens with one attached hydrogen (secondary N) is 1. The Morgan fingerprint density at radius 1 is 1.27 bits per heavy atom. The fourth-order valence-electron chi connectivity index (χ4n) is 1.84. The molecular weight excluding hydrogens is 286 g/mol. The minimum atomic E-state index is -0.913. The number of carbonyl (C=O) groups is 2. The van der Waals surface area contributed by atoms with E-state index in [4.69, 9.17) is 9.47 Å². The number of hydrogen-bond acceptors (Lipinski definition) is 5. The summed E-state index contributed by atoms with van der Waals surface area (Å²) in [6, 6.07) is 9.28. The van der Waals surface area contributed by atoms with E-state index in [1.165, 1.54) is 25.8 Å². The Morgan fingerprint density at radius 3 is 2.55 bits per heavy atom. The lowest BCUT2D eigenvalue weighted by molar-refractivity contribution is -0.128. The third kappa shape index (κ3) is 3.25. The van der Waals surface area contributed by atoms with Crippen LogP contribution in [0.25, 0.3) is 5.69 Å². The number of rotatable bonds is 5. The maximum Gasteiger partial charge on any atom is 0.363 e. The summed E-state index contributed by atoms with van der Waals surface area (Å²) in [5, 5.41) is 6.58. The predicted octanol–water partition coefficient (Wildman–Crippen LogP) is 1.17. The van der Waals surface area contributed by atoms with Crippen LogP contribution < -0.4 is 10.1 Å². The van der Waals surface area contributed by atoms with E-state index >= 15 is 0 Å². The minimum absolute atomic E-state index is 0.0158. The molecule has 0 aliphatic rings. The highest BCUT2D eigenvalue weighted by molar-refractivity contribution is 5.92. The Morgan fingerprint density at radius 2 is 1.95 bits per heavy atom. The van der Waals surface area contributed by atoms with Crippen LogP contribution in [0.3, 0.4) is 0 Å². The van der Waals surface area contributed by atoms with Gasteiger partial charge in [0.25, 0.3) is 5.91 Å². The van der Waals surface area contributed by atoms with Crippen LogP contribution in [0.5, 0.6) is 5.75 Å². The summed E-state index contributed by atoms with van der Waals surface area (Å²) in [6.45, 7) is 1.48. The number of ether oxygens (including phenoxy) is 2. The molecule has 22 heavy (non-hydrogen) atoms. The van der Waals surface area contributed by atoms with Gasteiger partial charge < -0.3 is 14.8 Å². The quantitative estimate of drug-likeness (QED) is 0.839. The van der Waals surface area contributed by atoms with Crippen LogP contribution >= 0.6 is 0 Å². The first kappa shape index (κ1) is 15.6. The van der Waals surface area contributed by atoms with E-state index in [9.17, 15) is 9.59 Å². The van der Waals surface area contributed by atoms with Crippen molar-refractivity contribution in [2.24, 2.45) is 0 Å². The van der Waals surface area contributed by atoms with E-state index in [2.05, 4.69) is 10.4 Å². The number of hydrogen-bond donors (Lipinski definition) is 1. The van der Waals surface area contributed by atoms with Gasteiger partial charge in [-0.3, -0.25) is 4.79 Å². The summed E-state index contributed by atoms with van der Waals surface area (Å²) in [4.78, 5) is 23.6. The molecule has 7 heteroatoms. The molecule has 116 valence electrons. The van der Waals surface area contributed by atoms with Gasteiger partial charge in [0.2, 0.25) is 5.69 Å². The normalized spacial score (nSPS) is 11.6. The Labute approximate surface area is 127 Å². The lowest BCUT2D eigenvalue weighted by Gasteiger charge is -2.10. The maximum atomic E-state index is 12.1. The highest BCUT2D eigenvalue weighted by atomic mass is 16.5. The molecule has 0 fully saturated rings. The zero-order valence-corrected chi connectivity index (χ0v) is 12.6. The fraction of sp³-hybridized carbons (Fsp3) is 0.267. The van der Waals surface area contributed by atoms with Gasteiger partial charge in [-0.2, -0.15) is 5.10 Å². The van der Waals surface area contributed by atoms with Crippen molar-refractivity contribution in [1.29, 1.82) is 0 Å². The standard InChI is InChI=1S/C15H17N3O4/c1-10(14(19)16-2)22-15(20)13-12(21-3)9-18(17-13)11-7-5-4-6-8-11/h4-10H,1-3H3,(H,16,19)/t10-/m0/s1. The highest BCUT2D eigenvalue weighted by Gasteiger charge is 2.24. The summed E-state index contributed by atoms with van der Waals surface area (Å²) in [5.74, 6) is -0.838. The molecule has 0 bridgehead atoms. The number of esters is 1. The van der Waals surface area contributed by atoms with Gasteiger partial charge in [-0.1, -0.05) is 18.2 Å². The lowest BCUT2D eigenvalue weighted by Crippen LogP contribution is -2.33. The van der Waals surface area contributed by atoms with Gasteiger partial charge in [-0.15, -0.1) is 0 Å². The number of benzene rings is 1. The number of carbonyl (C=O) groups excluding carboxylic acids is 2. The summed E-state index contributed by atoms with van der Waals surface area (Å²) < 4.78 is 11.7. The van der Waals surface area contributed by atoms with Crippen LogP contribution in [-0.2, 0) is 9.53 Å². The van der Waals surface area contributed by atoms with Crippen molar-refractivity contribution in [2.45, 2.75) is 13.0 Å². The lowest BCUT2D eigenvalue weighted by atomic mass is 10.3. The number of para-hydroxylation sites is 1. The number of methoxy groups -OCH3 is 1. The van der Waals surface area contributed by atoms with Crippen molar-refractivity contribution in [1.82, 2.24) is 15.1 Å². The molecule has 1 amide bonds. The highest BCUT2D eigenvalue weighted by Crippen LogP contribution is 2.20. The molecule has 0 aliphatic heterocycles. The van der Waals surface area contributed by atoms with Gasteiger partial charge in [-0.05, 0) is 19.1 Å². The first-order chi connectivity index (χ1) is 10.6. The van der Waals surface area contributed by atoms with E-state index in [1.807, 2.05) is 30.3 Å². The summed E-state index contributed by atoms with van der Waals surface area (Å²) in [5.41, 5.74) is 0.793. The monoisotopic (exact) mass is 303 g/mol. The first-order valence-corrected chi connectivity index (χ1v) is 6.68. The number of likely N-dealkylation sites (N-methyl/N-ethyl adjacent to an activating group) is 1. The van der Waals surface area contributed by atoms with Crippen LogP contribution in [0.1, 0.15) is 17.4 Å². The van der Waals surface area contributed by atoms with Crippen molar-refractivity contribution in [3.8, 4) is 11.4 Å². The Hall–Kier alpha value is -2.83. The molecular formula is C15H17N3O4. The molecule has 0 radical (unpaired) electrons. The molecule has 1 heterocycles. The van der Waals surface area contributed by atoms with Crippen molar-refractivity contribution < 1.29 is 19.1 Å². The largest absolute Gasteiger partial charge is 0.493 e. The van der Waals surface area contributed by atoms with Gasteiger partial charge in [0.15, 0.2) is 11.9 Å². The third-order valence-corrected chi connectivity index (χ3v) is 3.01. The van der Waals surface area contributed by atoms with E-state index in [0.29, 0.717) is 0 Å². The van der Waals surface area contributed by atoms with Crippen LogP contribution in [-0.4, -0.2) is 41.9 Å². The molecule has 1 aromatic heterocycles. The van der Waals surface area contributed by atoms with Gasteiger partial charge in [-0.25, -0.2) is 9.48 Å². The van der Waals surface area contributed by atoms with E-state index in [1.54, 1.807) is 6.20 Å². The SMILES string of the molecule is CNC(=O)[C@H](C)OC(=O)c1nn(-c2ccccc2)cc1OC. The molecule has 1 N–H and O–H groups in total. The van der Waals surface area contributed by atoms with Crippen LogP contribution in [0.15, 0.2) is 36.5 Å². The zero-order valence-electron chi connectivity index (χ0n) is 12.6. The van der Waals surface area contributed by atoms with Crippen molar-refractivity contribution >= 4 is 11.9 Å². The van der Waals surface area contributed by atoms with Crippen molar-refractivity contribution in [3.63, 3.8) is 0 Å². The molecule has 0 unspecified atom stereocenters. The molecule has 1 atom stereocenters. The fourth-order valence-corrected chi connectivity index (χ4v) is 1.84. The summed E-state index contributed by atoms with van der Waals surface area (Å²) in [6.07, 6.45) is 0.667. The number of amides is 1. The second-order valence-corrected chi connectivity index (χ2v) is 4.49. The number of nitrogens with zero attached hydrogens (tertiary/aromatic N) is 2. The molecule has 2 rings (SSSR count). The predicted molar refractivity (Wildman–Crippen MR) is 79.1 cm³/mol. The topological polar surface area (TPSA) is 82.5 Å². The van der Waals surface area contributed by atoms with Gasteiger partial charge >= 0.3 is 5.97 Å². The second-order valence-electron chi connectivity index (χ2n) is 4.49. The molecule has 1 aromatic carbocycles. The maximum absolute atomic E-state index is 12.1. The zero-order chi connectivity index (χ0) is 16.1. The Kier molecular flexibility index (Phi) is 4.77. The molecule has 2 aromatic rings.